The summed E-state index contributed by atoms with van der Waals surface area (Å²) >= 11 is 0. The Morgan fingerprint density at radius 3 is 2.34 bits per heavy atom. The fourth-order valence-corrected chi connectivity index (χ4v) is 3.62. The van der Waals surface area contributed by atoms with Gasteiger partial charge in [-0.1, -0.05) is 24.3 Å². The molecule has 3 aromatic rings. The minimum Gasteiger partial charge on any atom is -0.366 e. The molecule has 0 bridgehead atoms. The molecule has 1 aromatic heterocycles. The Morgan fingerprint density at radius 1 is 0.862 bits per heavy atom. The molecule has 29 heavy (non-hydrogen) atoms. The van der Waals surface area contributed by atoms with Gasteiger partial charge in [0.25, 0.3) is 0 Å². The van der Waals surface area contributed by atoms with Gasteiger partial charge >= 0.3 is 0 Å². The zero-order valence-corrected chi connectivity index (χ0v) is 17.1. The number of aryl methyl sites for hydroxylation is 3. The third-order valence-corrected chi connectivity index (χ3v) is 5.25. The summed E-state index contributed by atoms with van der Waals surface area (Å²) in [5.74, 6) is 1.33. The van der Waals surface area contributed by atoms with E-state index in [0.29, 0.717) is 11.6 Å². The molecule has 0 unspecified atom stereocenters. The Bertz CT molecular complexity index is 1010. The van der Waals surface area contributed by atoms with Crippen molar-refractivity contribution >= 4 is 23.1 Å². The van der Waals surface area contributed by atoms with E-state index < -0.39 is 0 Å². The molecule has 1 aliphatic heterocycles. The standard InChI is InChI=1S/C23H26FN5/c1-16-8-9-17(2)20(14-16)26-22-15-18(3)25-23(27-22)29-12-10-28(11-13-29)21-7-5-4-6-19(21)24/h4-9,14-15H,10-13H2,1-3H3,(H,25,26,27). The van der Waals surface area contributed by atoms with Gasteiger partial charge in [-0.05, 0) is 50.1 Å². The van der Waals surface area contributed by atoms with Crippen LogP contribution < -0.4 is 15.1 Å². The van der Waals surface area contributed by atoms with Crippen molar-refractivity contribution in [3.63, 3.8) is 0 Å². The highest BCUT2D eigenvalue weighted by Crippen LogP contribution is 2.24. The molecule has 0 saturated carbocycles. The third kappa shape index (κ3) is 4.31. The van der Waals surface area contributed by atoms with E-state index >= 15 is 0 Å². The summed E-state index contributed by atoms with van der Waals surface area (Å²) in [6, 6.07) is 15.2. The van der Waals surface area contributed by atoms with E-state index in [1.54, 1.807) is 6.07 Å². The van der Waals surface area contributed by atoms with E-state index in [0.717, 1.165) is 43.4 Å². The van der Waals surface area contributed by atoms with Crippen molar-refractivity contribution in [2.24, 2.45) is 0 Å². The summed E-state index contributed by atoms with van der Waals surface area (Å²) in [5.41, 5.74) is 5.01. The van der Waals surface area contributed by atoms with Crippen molar-refractivity contribution < 1.29 is 4.39 Å². The molecule has 2 heterocycles. The lowest BCUT2D eigenvalue weighted by Crippen LogP contribution is -2.47. The molecule has 0 aliphatic carbocycles. The van der Waals surface area contributed by atoms with Gasteiger partial charge in [0.15, 0.2) is 0 Å². The molecule has 1 saturated heterocycles. The van der Waals surface area contributed by atoms with Gasteiger partial charge in [-0.2, -0.15) is 4.98 Å². The van der Waals surface area contributed by atoms with Gasteiger partial charge in [0.1, 0.15) is 11.6 Å². The Balaban J connectivity index is 1.50. The van der Waals surface area contributed by atoms with Crippen LogP contribution in [0.2, 0.25) is 0 Å². The zero-order valence-electron chi connectivity index (χ0n) is 17.1. The fourth-order valence-electron chi connectivity index (χ4n) is 3.62. The summed E-state index contributed by atoms with van der Waals surface area (Å²) in [6.07, 6.45) is 0. The second kappa shape index (κ2) is 8.07. The van der Waals surface area contributed by atoms with Crippen LogP contribution in [-0.2, 0) is 0 Å². The van der Waals surface area contributed by atoms with E-state index in [-0.39, 0.29) is 5.82 Å². The van der Waals surface area contributed by atoms with Crippen LogP contribution >= 0.6 is 0 Å². The van der Waals surface area contributed by atoms with E-state index in [4.69, 9.17) is 4.98 Å². The number of piperazine rings is 1. The minimum atomic E-state index is -0.173. The van der Waals surface area contributed by atoms with Gasteiger partial charge in [-0.25, -0.2) is 9.37 Å². The maximum Gasteiger partial charge on any atom is 0.227 e. The van der Waals surface area contributed by atoms with Crippen LogP contribution in [0.4, 0.5) is 27.5 Å². The molecule has 5 nitrogen and oxygen atoms in total. The molecular formula is C23H26FN5. The lowest BCUT2D eigenvalue weighted by molar-refractivity contribution is 0.594. The number of hydrogen-bond donors (Lipinski definition) is 1. The van der Waals surface area contributed by atoms with Crippen LogP contribution in [0.1, 0.15) is 16.8 Å². The number of rotatable bonds is 4. The predicted molar refractivity (Wildman–Crippen MR) is 117 cm³/mol. The number of halogens is 1. The third-order valence-electron chi connectivity index (χ3n) is 5.25. The average Bonchev–Trinajstić information content (AvgIpc) is 2.71. The van der Waals surface area contributed by atoms with Crippen molar-refractivity contribution in [3.8, 4) is 0 Å². The molecule has 0 radical (unpaired) electrons. The number of para-hydroxylation sites is 1. The van der Waals surface area contributed by atoms with Crippen molar-refractivity contribution in [3.05, 3.63) is 71.2 Å². The van der Waals surface area contributed by atoms with E-state index in [1.807, 2.05) is 25.1 Å². The summed E-state index contributed by atoms with van der Waals surface area (Å²) in [4.78, 5) is 13.6. The Labute approximate surface area is 171 Å². The second-order valence-corrected chi connectivity index (χ2v) is 7.56. The van der Waals surface area contributed by atoms with Crippen LogP contribution in [0.25, 0.3) is 0 Å². The monoisotopic (exact) mass is 391 g/mol. The number of nitrogens with one attached hydrogen (secondary N) is 1. The topological polar surface area (TPSA) is 44.3 Å². The fraction of sp³-hybridized carbons (Fsp3) is 0.304. The van der Waals surface area contributed by atoms with Crippen molar-refractivity contribution in [1.29, 1.82) is 0 Å². The van der Waals surface area contributed by atoms with Crippen LogP contribution in [0, 0.1) is 26.6 Å². The quantitative estimate of drug-likeness (QED) is 0.704. The molecule has 0 spiro atoms. The molecule has 0 amide bonds. The van der Waals surface area contributed by atoms with Crippen molar-refractivity contribution in [2.75, 3.05) is 41.3 Å². The normalized spacial score (nSPS) is 14.2. The van der Waals surface area contributed by atoms with Gasteiger partial charge in [0, 0.05) is 43.6 Å². The molecule has 0 atom stereocenters. The van der Waals surface area contributed by atoms with Crippen molar-refractivity contribution in [1.82, 2.24) is 9.97 Å². The van der Waals surface area contributed by atoms with Crippen LogP contribution in [0.15, 0.2) is 48.5 Å². The van der Waals surface area contributed by atoms with Crippen LogP contribution in [0.5, 0.6) is 0 Å². The first-order valence-corrected chi connectivity index (χ1v) is 9.94. The van der Waals surface area contributed by atoms with Gasteiger partial charge < -0.3 is 15.1 Å². The first kappa shape index (κ1) is 19.2. The maximum absolute atomic E-state index is 14.1. The van der Waals surface area contributed by atoms with E-state index in [1.165, 1.54) is 17.2 Å². The Hall–Kier alpha value is -3.15. The molecule has 150 valence electrons. The summed E-state index contributed by atoms with van der Waals surface area (Å²) in [6.45, 7) is 9.11. The SMILES string of the molecule is Cc1ccc(C)c(Nc2cc(C)nc(N3CCN(c4ccccc4F)CC3)n2)c1. The first-order chi connectivity index (χ1) is 14.0. The lowest BCUT2D eigenvalue weighted by Gasteiger charge is -2.36. The predicted octanol–water partition coefficient (Wildman–Crippen LogP) is 4.61. The first-order valence-electron chi connectivity index (χ1n) is 9.94. The summed E-state index contributed by atoms with van der Waals surface area (Å²) in [5, 5.41) is 3.44. The smallest absolute Gasteiger partial charge is 0.227 e. The summed E-state index contributed by atoms with van der Waals surface area (Å²) in [7, 11) is 0. The number of hydrogen-bond acceptors (Lipinski definition) is 5. The average molecular weight is 391 g/mol. The molecule has 4 rings (SSSR count). The molecule has 6 heteroatoms. The van der Waals surface area contributed by atoms with Gasteiger partial charge in [-0.15, -0.1) is 0 Å². The molecule has 1 N–H and O–H groups in total. The Morgan fingerprint density at radius 2 is 1.59 bits per heavy atom. The highest BCUT2D eigenvalue weighted by atomic mass is 19.1. The number of nitrogens with zero attached hydrogens (tertiary/aromatic N) is 4. The van der Waals surface area contributed by atoms with Gasteiger partial charge in [0.2, 0.25) is 5.95 Å². The minimum absolute atomic E-state index is 0.173. The highest BCUT2D eigenvalue weighted by Gasteiger charge is 2.21. The molecular weight excluding hydrogens is 365 g/mol. The number of aromatic nitrogens is 2. The van der Waals surface area contributed by atoms with Crippen molar-refractivity contribution in [2.45, 2.75) is 20.8 Å². The zero-order chi connectivity index (χ0) is 20.4. The number of anilines is 4. The number of benzene rings is 2. The van der Waals surface area contributed by atoms with E-state index in [9.17, 15) is 4.39 Å². The Kier molecular flexibility index (Phi) is 5.34. The maximum atomic E-state index is 14.1. The largest absolute Gasteiger partial charge is 0.366 e. The van der Waals surface area contributed by atoms with E-state index in [2.05, 4.69) is 52.1 Å². The lowest BCUT2D eigenvalue weighted by atomic mass is 10.1. The van der Waals surface area contributed by atoms with Gasteiger partial charge in [-0.3, -0.25) is 0 Å². The molecule has 1 aliphatic rings. The molecule has 2 aromatic carbocycles. The van der Waals surface area contributed by atoms with Gasteiger partial charge in [0.05, 0.1) is 5.69 Å². The molecule has 1 fully saturated rings. The van der Waals surface area contributed by atoms with Crippen LogP contribution in [0.3, 0.4) is 0 Å². The summed E-state index contributed by atoms with van der Waals surface area (Å²) < 4.78 is 14.1. The highest BCUT2D eigenvalue weighted by molar-refractivity contribution is 5.62. The van der Waals surface area contributed by atoms with Crippen LogP contribution in [-0.4, -0.2) is 36.1 Å². The second-order valence-electron chi connectivity index (χ2n) is 7.56.